The smallest absolute Gasteiger partial charge is 0.163 e. The first-order valence-corrected chi connectivity index (χ1v) is 10.3. The fourth-order valence-electron chi connectivity index (χ4n) is 4.47. The van der Waals surface area contributed by atoms with Crippen molar-refractivity contribution in [1.82, 2.24) is 9.47 Å². The van der Waals surface area contributed by atoms with Crippen molar-refractivity contribution in [2.45, 2.75) is 32.7 Å². The molecule has 3 aromatic rings. The molecular weight excluding hydrogens is 364 g/mol. The Morgan fingerprint density at radius 3 is 2.69 bits per heavy atom. The fraction of sp³-hybridized carbons (Fsp3) is 0.417. The third kappa shape index (κ3) is 3.61. The van der Waals surface area contributed by atoms with Crippen molar-refractivity contribution in [3.05, 3.63) is 47.0 Å². The van der Waals surface area contributed by atoms with Crippen molar-refractivity contribution >= 4 is 33.4 Å². The lowest BCUT2D eigenvalue weighted by atomic mass is 10.0. The van der Waals surface area contributed by atoms with Gasteiger partial charge in [-0.2, -0.15) is 0 Å². The van der Waals surface area contributed by atoms with E-state index in [2.05, 4.69) is 28.6 Å². The molecular formula is C24H28N2O3. The SMILES string of the molecule is COCCN(C)CCCn1c2ccc(C(C)=O)cc2c2c3c(ccc21)C(=O)CC3. The topological polar surface area (TPSA) is 51.5 Å². The van der Waals surface area contributed by atoms with E-state index in [1.54, 1.807) is 14.0 Å². The summed E-state index contributed by atoms with van der Waals surface area (Å²) in [7, 11) is 3.84. The van der Waals surface area contributed by atoms with Gasteiger partial charge in [-0.1, -0.05) is 0 Å². The van der Waals surface area contributed by atoms with E-state index in [9.17, 15) is 9.59 Å². The Labute approximate surface area is 171 Å². The molecule has 1 aromatic heterocycles. The Hall–Kier alpha value is -2.50. The number of carbonyl (C=O) groups is 2. The highest BCUT2D eigenvalue weighted by molar-refractivity contribution is 6.16. The summed E-state index contributed by atoms with van der Waals surface area (Å²) in [5, 5.41) is 2.24. The Morgan fingerprint density at radius 1 is 1.14 bits per heavy atom. The summed E-state index contributed by atoms with van der Waals surface area (Å²) in [6.07, 6.45) is 2.38. The average Bonchev–Trinajstić information content (AvgIpc) is 3.24. The molecule has 0 amide bonds. The van der Waals surface area contributed by atoms with Crippen LogP contribution in [-0.2, 0) is 17.7 Å². The summed E-state index contributed by atoms with van der Waals surface area (Å²) in [5.74, 6) is 0.293. The van der Waals surface area contributed by atoms with E-state index in [1.807, 2.05) is 18.2 Å². The minimum Gasteiger partial charge on any atom is -0.383 e. The van der Waals surface area contributed by atoms with Gasteiger partial charge in [0, 0.05) is 59.6 Å². The summed E-state index contributed by atoms with van der Waals surface area (Å²) in [5.41, 5.74) is 5.02. The maximum Gasteiger partial charge on any atom is 0.163 e. The number of methoxy groups -OCH3 is 1. The number of ether oxygens (including phenoxy) is 1. The second kappa shape index (κ2) is 8.09. The number of rotatable bonds is 8. The van der Waals surface area contributed by atoms with E-state index in [0.29, 0.717) is 6.42 Å². The molecule has 5 nitrogen and oxygen atoms in total. The highest BCUT2D eigenvalue weighted by Gasteiger charge is 2.25. The number of nitrogens with zero attached hydrogens (tertiary/aromatic N) is 2. The van der Waals surface area contributed by atoms with E-state index in [1.165, 1.54) is 0 Å². The lowest BCUT2D eigenvalue weighted by molar-refractivity contribution is 0.0991. The summed E-state index contributed by atoms with van der Waals surface area (Å²) in [4.78, 5) is 26.5. The standard InChI is InChI=1S/C24H28N2O3/c1-16(27)17-5-8-21-20(15-17)24-19-7-10-23(28)18(19)6-9-22(24)26(21)12-4-11-25(2)13-14-29-3/h5-6,8-9,15H,4,7,10-14H2,1-3H3. The lowest BCUT2D eigenvalue weighted by Gasteiger charge is -2.16. The van der Waals surface area contributed by atoms with Gasteiger partial charge in [-0.15, -0.1) is 0 Å². The van der Waals surface area contributed by atoms with Crippen LogP contribution in [0.15, 0.2) is 30.3 Å². The van der Waals surface area contributed by atoms with Crippen molar-refractivity contribution in [2.75, 3.05) is 33.9 Å². The van der Waals surface area contributed by atoms with Crippen molar-refractivity contribution in [2.24, 2.45) is 0 Å². The minimum absolute atomic E-state index is 0.0659. The number of hydrogen-bond acceptors (Lipinski definition) is 4. The molecule has 0 radical (unpaired) electrons. The van der Waals surface area contributed by atoms with Crippen LogP contribution in [0.25, 0.3) is 21.8 Å². The Bertz CT molecular complexity index is 1100. The number of likely N-dealkylation sites (N-methyl/N-ethyl adjacent to an activating group) is 1. The van der Waals surface area contributed by atoms with Crippen LogP contribution < -0.4 is 0 Å². The first-order chi connectivity index (χ1) is 14.0. The molecule has 0 atom stereocenters. The molecule has 1 heterocycles. The van der Waals surface area contributed by atoms with Crippen molar-refractivity contribution in [3.63, 3.8) is 0 Å². The van der Waals surface area contributed by atoms with Crippen molar-refractivity contribution in [1.29, 1.82) is 0 Å². The third-order valence-electron chi connectivity index (χ3n) is 6.05. The van der Waals surface area contributed by atoms with Crippen molar-refractivity contribution in [3.8, 4) is 0 Å². The fourth-order valence-corrected chi connectivity index (χ4v) is 4.47. The van der Waals surface area contributed by atoms with E-state index in [4.69, 9.17) is 4.74 Å². The number of aryl methyl sites for hydroxylation is 2. The van der Waals surface area contributed by atoms with Gasteiger partial charge in [-0.3, -0.25) is 9.59 Å². The van der Waals surface area contributed by atoms with Crippen LogP contribution in [0.3, 0.4) is 0 Å². The maximum absolute atomic E-state index is 12.3. The first-order valence-electron chi connectivity index (χ1n) is 10.3. The molecule has 0 unspecified atom stereocenters. The first kappa shape index (κ1) is 19.8. The normalized spacial score (nSPS) is 13.7. The second-order valence-electron chi connectivity index (χ2n) is 8.00. The van der Waals surface area contributed by atoms with E-state index in [0.717, 1.165) is 77.6 Å². The monoisotopic (exact) mass is 392 g/mol. The molecule has 0 saturated carbocycles. The Balaban J connectivity index is 1.77. The number of carbonyl (C=O) groups excluding carboxylic acids is 2. The van der Waals surface area contributed by atoms with Crippen LogP contribution in [0, 0.1) is 0 Å². The number of aromatic nitrogens is 1. The molecule has 4 rings (SSSR count). The zero-order chi connectivity index (χ0) is 20.5. The summed E-state index contributed by atoms with van der Waals surface area (Å²) < 4.78 is 7.51. The minimum atomic E-state index is 0.0659. The highest BCUT2D eigenvalue weighted by Crippen LogP contribution is 2.37. The molecule has 0 saturated heterocycles. The van der Waals surface area contributed by atoms with Crippen LogP contribution >= 0.6 is 0 Å². The summed E-state index contributed by atoms with van der Waals surface area (Å²) >= 11 is 0. The van der Waals surface area contributed by atoms with Gasteiger partial charge in [0.15, 0.2) is 11.6 Å². The van der Waals surface area contributed by atoms with Gasteiger partial charge in [0.25, 0.3) is 0 Å². The van der Waals surface area contributed by atoms with Gasteiger partial charge in [-0.05, 0) is 69.3 Å². The molecule has 5 heteroatoms. The molecule has 0 N–H and O–H groups in total. The quantitative estimate of drug-likeness (QED) is 0.542. The lowest BCUT2D eigenvalue weighted by Crippen LogP contribution is -2.24. The number of ketones is 2. The molecule has 0 bridgehead atoms. The van der Waals surface area contributed by atoms with Crippen LogP contribution in [0.2, 0.25) is 0 Å². The van der Waals surface area contributed by atoms with Gasteiger partial charge in [-0.25, -0.2) is 0 Å². The number of fused-ring (bicyclic) bond motifs is 5. The van der Waals surface area contributed by atoms with Crippen LogP contribution in [-0.4, -0.2) is 54.9 Å². The maximum atomic E-state index is 12.3. The van der Waals surface area contributed by atoms with Crippen molar-refractivity contribution < 1.29 is 14.3 Å². The number of Topliss-reactive ketones (excluding diaryl/α,β-unsaturated/α-hetero) is 2. The van der Waals surface area contributed by atoms with Gasteiger partial charge >= 0.3 is 0 Å². The van der Waals surface area contributed by atoms with Gasteiger partial charge in [0.05, 0.1) is 6.61 Å². The van der Waals surface area contributed by atoms with E-state index < -0.39 is 0 Å². The predicted octanol–water partition coefficient (Wildman–Crippen LogP) is 4.09. The predicted molar refractivity (Wildman–Crippen MR) is 116 cm³/mol. The molecule has 29 heavy (non-hydrogen) atoms. The van der Waals surface area contributed by atoms with Gasteiger partial charge in [0.1, 0.15) is 0 Å². The summed E-state index contributed by atoms with van der Waals surface area (Å²) in [6.45, 7) is 5.13. The van der Waals surface area contributed by atoms with Crippen LogP contribution in [0.5, 0.6) is 0 Å². The highest BCUT2D eigenvalue weighted by atomic mass is 16.5. The third-order valence-corrected chi connectivity index (χ3v) is 6.05. The van der Waals surface area contributed by atoms with Crippen LogP contribution in [0.1, 0.15) is 46.0 Å². The van der Waals surface area contributed by atoms with Gasteiger partial charge < -0.3 is 14.2 Å². The molecule has 152 valence electrons. The second-order valence-corrected chi connectivity index (χ2v) is 8.00. The molecule has 1 aliphatic carbocycles. The average molecular weight is 392 g/mol. The molecule has 0 fully saturated rings. The zero-order valence-electron chi connectivity index (χ0n) is 17.5. The molecule has 0 spiro atoms. The molecule has 2 aromatic carbocycles. The largest absolute Gasteiger partial charge is 0.383 e. The molecule has 0 aliphatic heterocycles. The van der Waals surface area contributed by atoms with Crippen LogP contribution in [0.4, 0.5) is 0 Å². The summed E-state index contributed by atoms with van der Waals surface area (Å²) in [6, 6.07) is 10.0. The Kier molecular flexibility index (Phi) is 5.52. The van der Waals surface area contributed by atoms with Gasteiger partial charge in [0.2, 0.25) is 0 Å². The number of hydrogen-bond donors (Lipinski definition) is 0. The van der Waals surface area contributed by atoms with E-state index in [-0.39, 0.29) is 11.6 Å². The van der Waals surface area contributed by atoms with E-state index >= 15 is 0 Å². The Morgan fingerprint density at radius 2 is 1.93 bits per heavy atom. The molecule has 1 aliphatic rings. The number of benzene rings is 2. The zero-order valence-corrected chi connectivity index (χ0v) is 17.5.